The van der Waals surface area contributed by atoms with Crippen molar-refractivity contribution in [2.24, 2.45) is 0 Å². The van der Waals surface area contributed by atoms with Gasteiger partial charge in [0.15, 0.2) is 17.5 Å². The molecule has 43 heavy (non-hydrogen) atoms. The second-order valence-corrected chi connectivity index (χ2v) is 11.7. The van der Waals surface area contributed by atoms with Gasteiger partial charge in [-0.2, -0.15) is 0 Å². The number of hydrogen-bond acceptors (Lipinski definition) is 3. The third kappa shape index (κ3) is 4.33. The first kappa shape index (κ1) is 25.3. The lowest BCUT2D eigenvalue weighted by atomic mass is 9.81. The number of hydrogen-bond donors (Lipinski definition) is 0. The van der Waals surface area contributed by atoms with E-state index < -0.39 is 0 Å². The molecule has 0 atom stereocenters. The summed E-state index contributed by atoms with van der Waals surface area (Å²) < 4.78 is 0. The first-order chi connectivity index (χ1) is 21.0. The van der Waals surface area contributed by atoms with Crippen LogP contribution in [0.5, 0.6) is 0 Å². The average molecular weight is 552 g/mol. The van der Waals surface area contributed by atoms with Gasteiger partial charge in [0.05, 0.1) is 0 Å². The molecule has 3 heteroatoms. The van der Waals surface area contributed by atoms with Crippen LogP contribution in [0.2, 0.25) is 0 Å². The summed E-state index contributed by atoms with van der Waals surface area (Å²) in [5.74, 6) is 1.99. The molecule has 0 radical (unpaired) electrons. The minimum Gasteiger partial charge on any atom is -0.208 e. The van der Waals surface area contributed by atoms with Crippen molar-refractivity contribution in [1.82, 2.24) is 15.0 Å². The van der Waals surface area contributed by atoms with Gasteiger partial charge in [-0.15, -0.1) is 0 Å². The molecule has 3 nitrogen and oxygen atoms in total. The Morgan fingerprint density at radius 3 is 1.51 bits per heavy atom. The zero-order chi connectivity index (χ0) is 29.0. The highest BCUT2D eigenvalue weighted by Gasteiger charge is 2.35. The Kier molecular flexibility index (Phi) is 5.80. The summed E-state index contributed by atoms with van der Waals surface area (Å²) in [6, 6.07) is 49.1. The van der Waals surface area contributed by atoms with Crippen LogP contribution in [0.25, 0.3) is 67.2 Å². The molecule has 0 saturated carbocycles. The van der Waals surface area contributed by atoms with Gasteiger partial charge < -0.3 is 0 Å². The van der Waals surface area contributed by atoms with Crippen LogP contribution in [0.4, 0.5) is 0 Å². The minimum atomic E-state index is -0.0916. The van der Waals surface area contributed by atoms with Crippen LogP contribution in [-0.2, 0) is 5.41 Å². The highest BCUT2D eigenvalue weighted by atomic mass is 15.0. The zero-order valence-electron chi connectivity index (χ0n) is 24.1. The summed E-state index contributed by atoms with van der Waals surface area (Å²) in [6.07, 6.45) is 0. The van der Waals surface area contributed by atoms with Gasteiger partial charge in [-0.05, 0) is 68.4 Å². The molecular formula is C40H29N3. The van der Waals surface area contributed by atoms with Gasteiger partial charge in [0.2, 0.25) is 0 Å². The normalized spacial score (nSPS) is 13.1. The molecule has 1 aliphatic rings. The van der Waals surface area contributed by atoms with E-state index in [-0.39, 0.29) is 5.41 Å². The molecule has 1 aromatic heterocycles. The van der Waals surface area contributed by atoms with Crippen molar-refractivity contribution in [3.8, 4) is 56.4 Å². The van der Waals surface area contributed by atoms with E-state index in [1.54, 1.807) is 0 Å². The largest absolute Gasteiger partial charge is 0.208 e. The van der Waals surface area contributed by atoms with Gasteiger partial charge in [-0.3, -0.25) is 0 Å². The number of rotatable bonds is 4. The fourth-order valence-corrected chi connectivity index (χ4v) is 6.38. The molecule has 0 unspecified atom stereocenters. The third-order valence-electron chi connectivity index (χ3n) is 8.70. The van der Waals surface area contributed by atoms with Crippen LogP contribution in [0.1, 0.15) is 25.0 Å². The standard InChI is InChI=1S/C40H29N3/c1-40(2)35-25-31(20-21-33(35)34-23-29-16-9-10-17-30(29)24-36(34)40)28-18-11-19-32(22-28)39-42-37(26-12-5-3-6-13-26)41-38(43-39)27-14-7-4-8-15-27/h3-25H,1-2H3. The molecule has 7 aromatic rings. The number of benzene rings is 6. The Morgan fingerprint density at radius 2 is 0.860 bits per heavy atom. The lowest BCUT2D eigenvalue weighted by Gasteiger charge is -2.22. The molecule has 0 bridgehead atoms. The van der Waals surface area contributed by atoms with Crippen molar-refractivity contribution >= 4 is 10.8 Å². The summed E-state index contributed by atoms with van der Waals surface area (Å²) >= 11 is 0. The highest BCUT2D eigenvalue weighted by Crippen LogP contribution is 2.50. The van der Waals surface area contributed by atoms with E-state index in [4.69, 9.17) is 15.0 Å². The van der Waals surface area contributed by atoms with Gasteiger partial charge in [0.25, 0.3) is 0 Å². The van der Waals surface area contributed by atoms with E-state index in [2.05, 4.69) is 92.7 Å². The molecule has 0 aliphatic heterocycles. The van der Waals surface area contributed by atoms with Crippen LogP contribution in [0.3, 0.4) is 0 Å². The summed E-state index contributed by atoms with van der Waals surface area (Å²) in [5.41, 5.74) is 10.5. The maximum atomic E-state index is 4.95. The topological polar surface area (TPSA) is 38.7 Å². The van der Waals surface area contributed by atoms with E-state index in [1.165, 1.54) is 38.6 Å². The van der Waals surface area contributed by atoms with Crippen LogP contribution in [-0.4, -0.2) is 15.0 Å². The zero-order valence-corrected chi connectivity index (χ0v) is 24.1. The lowest BCUT2D eigenvalue weighted by Crippen LogP contribution is -2.15. The van der Waals surface area contributed by atoms with Gasteiger partial charge >= 0.3 is 0 Å². The van der Waals surface area contributed by atoms with E-state index in [1.807, 2.05) is 60.7 Å². The second kappa shape index (κ2) is 9.85. The van der Waals surface area contributed by atoms with Gasteiger partial charge in [0, 0.05) is 22.1 Å². The molecule has 0 N–H and O–H groups in total. The van der Waals surface area contributed by atoms with Gasteiger partial charge in [-0.25, -0.2) is 15.0 Å². The summed E-state index contributed by atoms with van der Waals surface area (Å²) in [6.45, 7) is 4.68. The maximum absolute atomic E-state index is 4.95. The van der Waals surface area contributed by atoms with Crippen molar-refractivity contribution in [2.75, 3.05) is 0 Å². The molecule has 0 fully saturated rings. The van der Waals surface area contributed by atoms with Crippen LogP contribution >= 0.6 is 0 Å². The molecule has 1 aliphatic carbocycles. The van der Waals surface area contributed by atoms with Crippen LogP contribution in [0.15, 0.2) is 140 Å². The first-order valence-corrected chi connectivity index (χ1v) is 14.7. The van der Waals surface area contributed by atoms with Crippen molar-refractivity contribution in [1.29, 1.82) is 0 Å². The molecule has 0 amide bonds. The first-order valence-electron chi connectivity index (χ1n) is 14.7. The van der Waals surface area contributed by atoms with Gasteiger partial charge in [0.1, 0.15) is 0 Å². The quantitative estimate of drug-likeness (QED) is 0.218. The van der Waals surface area contributed by atoms with E-state index >= 15 is 0 Å². The number of aromatic nitrogens is 3. The second-order valence-electron chi connectivity index (χ2n) is 11.7. The summed E-state index contributed by atoms with van der Waals surface area (Å²) in [4.78, 5) is 14.7. The Hall–Kier alpha value is -5.41. The molecular weight excluding hydrogens is 522 g/mol. The monoisotopic (exact) mass is 551 g/mol. The molecule has 0 saturated heterocycles. The fraction of sp³-hybridized carbons (Fsp3) is 0.0750. The van der Waals surface area contributed by atoms with E-state index in [0.717, 1.165) is 22.3 Å². The SMILES string of the molecule is CC1(C)c2cc(-c3cccc(-c4nc(-c5ccccc5)nc(-c5ccccc5)n4)c3)ccc2-c2cc3ccccc3cc21. The molecule has 6 aromatic carbocycles. The summed E-state index contributed by atoms with van der Waals surface area (Å²) in [7, 11) is 0. The van der Waals surface area contributed by atoms with Crippen LogP contribution < -0.4 is 0 Å². The average Bonchev–Trinajstić information content (AvgIpc) is 3.29. The van der Waals surface area contributed by atoms with Crippen molar-refractivity contribution in [3.63, 3.8) is 0 Å². The van der Waals surface area contributed by atoms with Crippen molar-refractivity contribution < 1.29 is 0 Å². The molecule has 204 valence electrons. The number of fused-ring (bicyclic) bond motifs is 4. The minimum absolute atomic E-state index is 0.0916. The fourth-order valence-electron chi connectivity index (χ4n) is 6.38. The van der Waals surface area contributed by atoms with Crippen molar-refractivity contribution in [2.45, 2.75) is 19.3 Å². The molecule has 8 rings (SSSR count). The Morgan fingerprint density at radius 1 is 0.372 bits per heavy atom. The Bertz CT molecular complexity index is 2090. The van der Waals surface area contributed by atoms with E-state index in [0.29, 0.717) is 17.5 Å². The Labute approximate surface area is 251 Å². The lowest BCUT2D eigenvalue weighted by molar-refractivity contribution is 0.661. The predicted octanol–water partition coefficient (Wildman–Crippen LogP) is 10.00. The summed E-state index contributed by atoms with van der Waals surface area (Å²) in [5, 5.41) is 2.57. The predicted molar refractivity (Wildman–Crippen MR) is 177 cm³/mol. The maximum Gasteiger partial charge on any atom is 0.164 e. The highest BCUT2D eigenvalue weighted by molar-refractivity contribution is 5.94. The molecule has 0 spiro atoms. The van der Waals surface area contributed by atoms with E-state index in [9.17, 15) is 0 Å². The third-order valence-corrected chi connectivity index (χ3v) is 8.70. The Balaban J connectivity index is 1.23. The number of nitrogens with zero attached hydrogens (tertiary/aromatic N) is 3. The smallest absolute Gasteiger partial charge is 0.164 e. The van der Waals surface area contributed by atoms with Crippen LogP contribution in [0, 0.1) is 0 Å². The van der Waals surface area contributed by atoms with Gasteiger partial charge in [-0.1, -0.05) is 129 Å². The molecule has 1 heterocycles. The van der Waals surface area contributed by atoms with Crippen molar-refractivity contribution in [3.05, 3.63) is 151 Å².